The van der Waals surface area contributed by atoms with E-state index in [1.165, 1.54) is 308 Å². The van der Waals surface area contributed by atoms with Gasteiger partial charge in [0.25, 0.3) is 0 Å². The number of unbranched alkanes of at least 4 members (excludes halogenated alkanes) is 54. The van der Waals surface area contributed by atoms with Crippen molar-refractivity contribution in [1.29, 1.82) is 0 Å². The van der Waals surface area contributed by atoms with Gasteiger partial charge in [-0.1, -0.05) is 367 Å². The lowest BCUT2D eigenvalue weighted by molar-refractivity contribution is -0.298. The third-order valence-corrected chi connectivity index (χ3v) is 18.4. The maximum absolute atomic E-state index is 13.2. The quantitative estimate of drug-likeness (QED) is 0.0251. The normalized spacial score (nSPS) is 18.3. The zero-order chi connectivity index (χ0) is 60.4. The molecule has 1 rings (SSSR count). The van der Waals surface area contributed by atoms with E-state index in [9.17, 15) is 38.2 Å². The van der Waals surface area contributed by atoms with E-state index >= 15 is 0 Å². The van der Waals surface area contributed by atoms with Gasteiger partial charge in [-0.15, -0.1) is 0 Å². The van der Waals surface area contributed by atoms with Gasteiger partial charge in [-0.3, -0.25) is 9.35 Å². The molecule has 83 heavy (non-hydrogen) atoms. The van der Waals surface area contributed by atoms with Crippen LogP contribution in [0.1, 0.15) is 386 Å². The van der Waals surface area contributed by atoms with Crippen LogP contribution in [0.3, 0.4) is 0 Å². The summed E-state index contributed by atoms with van der Waals surface area (Å²) in [4.78, 5) is 13.2. The molecule has 0 aromatic heterocycles. The van der Waals surface area contributed by atoms with Crippen LogP contribution in [0.4, 0.5) is 0 Å². The minimum Gasteiger partial charge on any atom is -0.394 e. The van der Waals surface area contributed by atoms with Crippen LogP contribution in [0.5, 0.6) is 0 Å². The van der Waals surface area contributed by atoms with E-state index in [0.717, 1.165) is 51.4 Å². The van der Waals surface area contributed by atoms with Gasteiger partial charge in [0, 0.05) is 6.42 Å². The van der Waals surface area contributed by atoms with Gasteiger partial charge in [-0.2, -0.15) is 8.42 Å². The van der Waals surface area contributed by atoms with Crippen LogP contribution in [0.15, 0.2) is 0 Å². The molecule has 1 heterocycles. The summed E-state index contributed by atoms with van der Waals surface area (Å²) in [5, 5.41) is 45.3. The average Bonchev–Trinajstić information content (AvgIpc) is 3.59. The minimum atomic E-state index is -5.08. The van der Waals surface area contributed by atoms with Crippen LogP contribution in [0.2, 0.25) is 0 Å². The predicted molar refractivity (Wildman–Crippen MR) is 347 cm³/mol. The van der Waals surface area contributed by atoms with Crippen LogP contribution in [0, 0.1) is 0 Å². The van der Waals surface area contributed by atoms with Crippen molar-refractivity contribution in [3.8, 4) is 0 Å². The monoisotopic (exact) mass is 1200 g/mol. The van der Waals surface area contributed by atoms with Crippen LogP contribution in [-0.2, 0) is 28.9 Å². The van der Waals surface area contributed by atoms with E-state index in [0.29, 0.717) is 12.8 Å². The smallest absolute Gasteiger partial charge is 0.394 e. The molecule has 1 fully saturated rings. The predicted octanol–water partition coefficient (Wildman–Crippen LogP) is 19.1. The Balaban J connectivity index is 2.11. The van der Waals surface area contributed by atoms with Crippen molar-refractivity contribution in [1.82, 2.24) is 5.32 Å². The van der Waals surface area contributed by atoms with Gasteiger partial charge in [0.15, 0.2) is 6.29 Å². The molecule has 6 N–H and O–H groups in total. The maximum Gasteiger partial charge on any atom is 0.397 e. The van der Waals surface area contributed by atoms with Crippen LogP contribution >= 0.6 is 0 Å². The Morgan fingerprint density at radius 3 is 0.964 bits per heavy atom. The van der Waals surface area contributed by atoms with Crippen molar-refractivity contribution in [3.05, 3.63) is 0 Å². The fourth-order valence-corrected chi connectivity index (χ4v) is 12.9. The topological polar surface area (TPSA) is 192 Å². The molecule has 0 spiro atoms. The number of ether oxygens (including phenoxy) is 2. The number of hydrogen-bond acceptors (Lipinski definition) is 10. The fraction of sp³-hybridized carbons (Fsp3) is 0.986. The van der Waals surface area contributed by atoms with Gasteiger partial charge in [0.1, 0.15) is 24.4 Å². The molecule has 1 saturated heterocycles. The molecular formula is C70H139NO11S. The largest absolute Gasteiger partial charge is 0.397 e. The molecule has 13 heteroatoms. The van der Waals surface area contributed by atoms with E-state index in [1.807, 2.05) is 0 Å². The molecule has 496 valence electrons. The highest BCUT2D eigenvalue weighted by molar-refractivity contribution is 7.80. The zero-order valence-corrected chi connectivity index (χ0v) is 55.4. The number of amides is 1. The van der Waals surface area contributed by atoms with Crippen LogP contribution in [-0.4, -0.2) is 95.4 Å². The van der Waals surface area contributed by atoms with Crippen molar-refractivity contribution in [2.75, 3.05) is 13.2 Å². The number of carbonyl (C=O) groups excluding carboxylic acids is 1. The molecule has 0 saturated carbocycles. The van der Waals surface area contributed by atoms with Gasteiger partial charge in [0.2, 0.25) is 5.91 Å². The van der Waals surface area contributed by atoms with E-state index in [2.05, 4.69) is 23.3 Å². The summed E-state index contributed by atoms with van der Waals surface area (Å²) in [7, 11) is -5.08. The Kier molecular flexibility index (Phi) is 57.9. The standard InChI is InChI=1S/C70H139NO11S/c1-3-5-7-9-11-13-15-17-19-21-22-23-24-25-26-27-28-29-30-31-32-33-34-35-36-37-38-39-40-41-42-44-46-48-50-52-54-56-58-60-66(74)71-63(62-80-70-68(76)69(82-83(77,78)79)67(75)65(61-72)81-70)64(73)59-57-55-53-51-49-47-45-43-20-18-16-14-12-10-8-6-4-2/h63-65,67-70,72-73,75-76H,3-62H2,1-2H3,(H,71,74)(H,77,78,79). The molecule has 7 atom stereocenters. The number of nitrogens with one attached hydrogen (secondary N) is 1. The molecule has 0 aromatic rings. The Hall–Kier alpha value is -0.900. The molecule has 1 amide bonds. The summed E-state index contributed by atoms with van der Waals surface area (Å²) in [6.45, 7) is 3.52. The second kappa shape index (κ2) is 60.0. The Morgan fingerprint density at radius 2 is 0.699 bits per heavy atom. The summed E-state index contributed by atoms with van der Waals surface area (Å²) < 4.78 is 48.1. The summed E-state index contributed by atoms with van der Waals surface area (Å²) in [5.74, 6) is -0.219. The van der Waals surface area contributed by atoms with Crippen molar-refractivity contribution in [2.24, 2.45) is 0 Å². The first-order valence-corrected chi connectivity index (χ1v) is 37.8. The molecule has 0 radical (unpaired) electrons. The Morgan fingerprint density at radius 1 is 0.434 bits per heavy atom. The van der Waals surface area contributed by atoms with Crippen molar-refractivity contribution >= 4 is 16.3 Å². The lowest BCUT2D eigenvalue weighted by Crippen LogP contribution is -2.61. The summed E-state index contributed by atoms with van der Waals surface area (Å²) >= 11 is 0. The molecular weight excluding hydrogens is 1060 g/mol. The van der Waals surface area contributed by atoms with Crippen molar-refractivity contribution in [2.45, 2.75) is 429 Å². The molecule has 0 aliphatic carbocycles. The highest BCUT2D eigenvalue weighted by Crippen LogP contribution is 2.27. The van der Waals surface area contributed by atoms with E-state index < -0.39 is 59.9 Å². The van der Waals surface area contributed by atoms with E-state index in [1.54, 1.807) is 0 Å². The summed E-state index contributed by atoms with van der Waals surface area (Å²) in [6, 6.07) is -0.854. The molecule has 7 unspecified atom stereocenters. The van der Waals surface area contributed by atoms with Gasteiger partial charge in [-0.05, 0) is 12.8 Å². The summed E-state index contributed by atoms with van der Waals surface area (Å²) in [5.41, 5.74) is 0. The number of carbonyl (C=O) groups is 1. The number of hydrogen-bond donors (Lipinski definition) is 6. The second-order valence-corrected chi connectivity index (χ2v) is 26.9. The average molecular weight is 1200 g/mol. The van der Waals surface area contributed by atoms with Gasteiger partial charge in [0.05, 0.1) is 25.4 Å². The first kappa shape index (κ1) is 80.1. The Bertz CT molecular complexity index is 1460. The van der Waals surface area contributed by atoms with Crippen LogP contribution in [0.25, 0.3) is 0 Å². The highest BCUT2D eigenvalue weighted by Gasteiger charge is 2.48. The van der Waals surface area contributed by atoms with Gasteiger partial charge < -0.3 is 35.2 Å². The lowest BCUT2D eigenvalue weighted by Gasteiger charge is -2.41. The van der Waals surface area contributed by atoms with Crippen molar-refractivity contribution in [3.63, 3.8) is 0 Å². The first-order valence-electron chi connectivity index (χ1n) is 36.4. The first-order chi connectivity index (χ1) is 40.5. The minimum absolute atomic E-state index is 0.219. The molecule has 1 aliphatic rings. The number of aliphatic hydroxyl groups excluding tert-OH is 4. The number of aliphatic hydroxyl groups is 4. The second-order valence-electron chi connectivity index (χ2n) is 25.9. The SMILES string of the molecule is CCCCCCCCCCCCCCCCCCCCCCCCCCCCCCCCCCCCCCCCCC(=O)NC(COC1OC(CO)C(O)C(OS(=O)(=O)O)C1O)C(O)CCCCCCCCCCCCCCCCCCC. The third kappa shape index (κ3) is 51.7. The number of rotatable bonds is 66. The molecule has 0 aromatic carbocycles. The Labute approximate surface area is 513 Å². The molecule has 1 aliphatic heterocycles. The zero-order valence-electron chi connectivity index (χ0n) is 54.6. The fourth-order valence-electron chi connectivity index (χ4n) is 12.4. The van der Waals surface area contributed by atoms with Crippen LogP contribution < -0.4 is 5.32 Å². The van der Waals surface area contributed by atoms with Crippen molar-refractivity contribution < 1.29 is 51.8 Å². The lowest BCUT2D eigenvalue weighted by atomic mass is 9.99. The summed E-state index contributed by atoms with van der Waals surface area (Å²) in [6.07, 6.45) is 66.0. The third-order valence-electron chi connectivity index (χ3n) is 17.9. The highest BCUT2D eigenvalue weighted by atomic mass is 32.3. The maximum atomic E-state index is 13.2. The molecule has 12 nitrogen and oxygen atoms in total. The van der Waals surface area contributed by atoms with E-state index in [4.69, 9.17) is 9.47 Å². The van der Waals surface area contributed by atoms with E-state index in [-0.39, 0.29) is 12.5 Å². The van der Waals surface area contributed by atoms with Gasteiger partial charge in [-0.25, -0.2) is 4.18 Å². The molecule has 0 bridgehead atoms. The van der Waals surface area contributed by atoms with Gasteiger partial charge >= 0.3 is 10.4 Å².